The number of amides is 2. The highest BCUT2D eigenvalue weighted by Crippen LogP contribution is 2.33. The molecule has 220 valence electrons. The minimum atomic E-state index is -4.19. The van der Waals surface area contributed by atoms with Crippen molar-refractivity contribution in [3.05, 3.63) is 84.4 Å². The predicted octanol–water partition coefficient (Wildman–Crippen LogP) is 4.62. The monoisotopic (exact) mass is 581 g/mol. The fourth-order valence-corrected chi connectivity index (χ4v) is 5.60. The van der Waals surface area contributed by atoms with Gasteiger partial charge in [0.1, 0.15) is 24.1 Å². The minimum Gasteiger partial charge on any atom is -0.497 e. The molecule has 2 amide bonds. The topological polar surface area (TPSA) is 105 Å². The maximum absolute atomic E-state index is 14.1. The van der Waals surface area contributed by atoms with Gasteiger partial charge in [-0.3, -0.25) is 13.9 Å². The Kier molecular flexibility index (Phi) is 11.2. The average molecular weight is 582 g/mol. The van der Waals surface area contributed by atoms with E-state index in [-0.39, 0.29) is 29.1 Å². The van der Waals surface area contributed by atoms with E-state index in [1.807, 2.05) is 13.8 Å². The number of hydrogen-bond donors (Lipinski definition) is 1. The van der Waals surface area contributed by atoms with Crippen LogP contribution in [0.25, 0.3) is 0 Å². The molecule has 1 N–H and O–H groups in total. The van der Waals surface area contributed by atoms with E-state index in [9.17, 15) is 18.0 Å². The molecule has 9 nitrogen and oxygen atoms in total. The number of anilines is 1. The van der Waals surface area contributed by atoms with Crippen LogP contribution in [-0.2, 0) is 26.2 Å². The quantitative estimate of drug-likeness (QED) is 0.298. The summed E-state index contributed by atoms with van der Waals surface area (Å²) in [7, 11) is -2.62. The lowest BCUT2D eigenvalue weighted by atomic mass is 10.1. The van der Waals surface area contributed by atoms with Gasteiger partial charge in [0.05, 0.1) is 24.3 Å². The standard InChI is InChI=1S/C31H39N3O6S/c1-6-23(3)32-31(36)24(4)33(21-25-17-19-26(39-5)20-18-25)30(35)22-34(28-15-11-12-16-29(28)40-7-2)41(37,38)27-13-9-8-10-14-27/h8-20,23-24H,6-7,21-22H2,1-5H3,(H,32,36)/t23-,24-/m1/s1. The van der Waals surface area contributed by atoms with Crippen LogP contribution in [0.5, 0.6) is 11.5 Å². The first-order valence-corrected chi connectivity index (χ1v) is 15.1. The maximum Gasteiger partial charge on any atom is 0.264 e. The first-order valence-electron chi connectivity index (χ1n) is 13.6. The van der Waals surface area contributed by atoms with Crippen LogP contribution in [0.3, 0.4) is 0 Å². The average Bonchev–Trinajstić information content (AvgIpc) is 2.99. The van der Waals surface area contributed by atoms with Crippen LogP contribution in [0.15, 0.2) is 83.8 Å². The van der Waals surface area contributed by atoms with Gasteiger partial charge in [0.15, 0.2) is 0 Å². The van der Waals surface area contributed by atoms with Crippen LogP contribution in [0.4, 0.5) is 5.69 Å². The molecular formula is C31H39N3O6S. The van der Waals surface area contributed by atoms with Gasteiger partial charge in [0.25, 0.3) is 10.0 Å². The van der Waals surface area contributed by atoms with Gasteiger partial charge in [-0.25, -0.2) is 8.42 Å². The van der Waals surface area contributed by atoms with E-state index in [4.69, 9.17) is 9.47 Å². The number of para-hydroxylation sites is 2. The van der Waals surface area contributed by atoms with Crippen molar-refractivity contribution in [2.75, 3.05) is 24.6 Å². The molecular weight excluding hydrogens is 542 g/mol. The molecule has 0 spiro atoms. The minimum absolute atomic E-state index is 0.0309. The fraction of sp³-hybridized carbons (Fsp3) is 0.355. The van der Waals surface area contributed by atoms with E-state index < -0.39 is 28.5 Å². The smallest absolute Gasteiger partial charge is 0.264 e. The lowest BCUT2D eigenvalue weighted by molar-refractivity contribution is -0.139. The Morgan fingerprint density at radius 3 is 2.15 bits per heavy atom. The van der Waals surface area contributed by atoms with Crippen molar-refractivity contribution < 1.29 is 27.5 Å². The Balaban J connectivity index is 2.05. The van der Waals surface area contributed by atoms with Gasteiger partial charge in [0.2, 0.25) is 11.8 Å². The zero-order valence-electron chi connectivity index (χ0n) is 24.2. The van der Waals surface area contributed by atoms with E-state index in [1.54, 1.807) is 87.7 Å². The number of carbonyl (C=O) groups excluding carboxylic acids is 2. The van der Waals surface area contributed by atoms with Crippen LogP contribution in [0.1, 0.15) is 39.7 Å². The van der Waals surface area contributed by atoms with Gasteiger partial charge in [-0.1, -0.05) is 49.4 Å². The molecule has 10 heteroatoms. The summed E-state index contributed by atoms with van der Waals surface area (Å²) in [6, 6.07) is 20.8. The molecule has 3 aromatic rings. The van der Waals surface area contributed by atoms with E-state index >= 15 is 0 Å². The highest BCUT2D eigenvalue weighted by atomic mass is 32.2. The number of methoxy groups -OCH3 is 1. The van der Waals surface area contributed by atoms with Crippen molar-refractivity contribution in [3.8, 4) is 11.5 Å². The summed E-state index contributed by atoms with van der Waals surface area (Å²) in [4.78, 5) is 28.7. The number of nitrogens with zero attached hydrogens (tertiary/aromatic N) is 2. The number of sulfonamides is 1. The summed E-state index contributed by atoms with van der Waals surface area (Å²) in [5.74, 6) is 0.111. The number of rotatable bonds is 14. The van der Waals surface area contributed by atoms with Gasteiger partial charge in [0, 0.05) is 12.6 Å². The fourth-order valence-electron chi connectivity index (χ4n) is 4.15. The van der Waals surface area contributed by atoms with Gasteiger partial charge < -0.3 is 19.7 Å². The van der Waals surface area contributed by atoms with Gasteiger partial charge in [-0.2, -0.15) is 0 Å². The zero-order chi connectivity index (χ0) is 30.0. The SMILES string of the molecule is CCOc1ccccc1N(CC(=O)N(Cc1ccc(OC)cc1)[C@H](C)C(=O)N[C@H](C)CC)S(=O)(=O)c1ccccc1. The summed E-state index contributed by atoms with van der Waals surface area (Å²) >= 11 is 0. The van der Waals surface area contributed by atoms with Gasteiger partial charge in [-0.05, 0) is 69.2 Å². The van der Waals surface area contributed by atoms with Crippen LogP contribution in [0.2, 0.25) is 0 Å². The Bertz CT molecular complexity index is 1400. The lowest BCUT2D eigenvalue weighted by Crippen LogP contribution is -2.52. The van der Waals surface area contributed by atoms with Crippen LogP contribution in [0, 0.1) is 0 Å². The van der Waals surface area contributed by atoms with E-state index in [2.05, 4.69) is 5.32 Å². The number of ether oxygens (including phenoxy) is 2. The van der Waals surface area contributed by atoms with Crippen LogP contribution in [-0.4, -0.2) is 57.5 Å². The molecule has 0 heterocycles. The summed E-state index contributed by atoms with van der Waals surface area (Å²) < 4.78 is 40.0. The van der Waals surface area contributed by atoms with Crippen LogP contribution >= 0.6 is 0 Å². The molecule has 0 aliphatic carbocycles. The second kappa shape index (κ2) is 14.5. The Hall–Kier alpha value is -4.05. The van der Waals surface area contributed by atoms with Gasteiger partial charge >= 0.3 is 0 Å². The van der Waals surface area contributed by atoms with Crippen molar-refractivity contribution in [1.29, 1.82) is 0 Å². The van der Waals surface area contributed by atoms with Crippen molar-refractivity contribution >= 4 is 27.5 Å². The Labute approximate surface area is 243 Å². The molecule has 0 fully saturated rings. The molecule has 41 heavy (non-hydrogen) atoms. The van der Waals surface area contributed by atoms with Gasteiger partial charge in [-0.15, -0.1) is 0 Å². The van der Waals surface area contributed by atoms with E-state index in [0.717, 1.165) is 16.3 Å². The van der Waals surface area contributed by atoms with E-state index in [1.165, 1.54) is 17.0 Å². The molecule has 0 aliphatic rings. The molecule has 0 radical (unpaired) electrons. The molecule has 3 aromatic carbocycles. The number of hydrogen-bond acceptors (Lipinski definition) is 6. The van der Waals surface area contributed by atoms with Crippen LogP contribution < -0.4 is 19.1 Å². The number of nitrogens with one attached hydrogen (secondary N) is 1. The normalized spacial score (nSPS) is 12.6. The highest BCUT2D eigenvalue weighted by molar-refractivity contribution is 7.92. The maximum atomic E-state index is 14.1. The summed E-state index contributed by atoms with van der Waals surface area (Å²) in [5.41, 5.74) is 0.988. The third kappa shape index (κ3) is 8.00. The third-order valence-corrected chi connectivity index (χ3v) is 8.50. The van der Waals surface area contributed by atoms with Crippen molar-refractivity contribution in [1.82, 2.24) is 10.2 Å². The number of carbonyl (C=O) groups is 2. The zero-order valence-corrected chi connectivity index (χ0v) is 25.1. The first-order chi connectivity index (χ1) is 19.6. The molecule has 0 saturated carbocycles. The second-order valence-corrected chi connectivity index (χ2v) is 11.5. The largest absolute Gasteiger partial charge is 0.497 e. The van der Waals surface area contributed by atoms with E-state index in [0.29, 0.717) is 18.1 Å². The Morgan fingerprint density at radius 1 is 0.902 bits per heavy atom. The molecule has 0 saturated heterocycles. The van der Waals surface area contributed by atoms with Crippen molar-refractivity contribution in [3.63, 3.8) is 0 Å². The molecule has 0 aliphatic heterocycles. The lowest BCUT2D eigenvalue weighted by Gasteiger charge is -2.33. The van der Waals surface area contributed by atoms with Crippen molar-refractivity contribution in [2.24, 2.45) is 0 Å². The molecule has 0 aromatic heterocycles. The second-order valence-electron chi connectivity index (χ2n) is 9.59. The number of benzene rings is 3. The molecule has 0 unspecified atom stereocenters. The first kappa shape index (κ1) is 31.5. The van der Waals surface area contributed by atoms with Crippen molar-refractivity contribution in [2.45, 2.75) is 57.6 Å². The summed E-state index contributed by atoms with van der Waals surface area (Å²) in [6.07, 6.45) is 0.724. The molecule has 3 rings (SSSR count). The molecule has 0 bridgehead atoms. The predicted molar refractivity (Wildman–Crippen MR) is 159 cm³/mol. The third-order valence-electron chi connectivity index (χ3n) is 6.72. The summed E-state index contributed by atoms with van der Waals surface area (Å²) in [6.45, 7) is 7.13. The highest BCUT2D eigenvalue weighted by Gasteiger charge is 2.34. The molecule has 2 atom stereocenters. The summed E-state index contributed by atoms with van der Waals surface area (Å²) in [5, 5.41) is 2.93. The Morgan fingerprint density at radius 2 is 1.54 bits per heavy atom.